The summed E-state index contributed by atoms with van der Waals surface area (Å²) < 4.78 is 5.30. The van der Waals surface area contributed by atoms with Crippen molar-refractivity contribution in [1.82, 2.24) is 5.48 Å². The Balaban J connectivity index is 2.45. The zero-order valence-electron chi connectivity index (χ0n) is 9.25. The molecule has 0 spiro atoms. The second kappa shape index (κ2) is 6.35. The molecule has 88 valence electrons. The Labute approximate surface area is 99.5 Å². The fourth-order valence-electron chi connectivity index (χ4n) is 1.10. The van der Waals surface area contributed by atoms with Crippen molar-refractivity contribution in [1.29, 1.82) is 0 Å². The molecule has 1 aromatic carbocycles. The first-order chi connectivity index (χ1) is 7.63. The molecule has 1 amide bonds. The van der Waals surface area contributed by atoms with Crippen LogP contribution in [0.4, 0.5) is 0 Å². The number of nitrogens with one attached hydrogen (secondary N) is 1. The van der Waals surface area contributed by atoms with E-state index >= 15 is 0 Å². The fourth-order valence-corrected chi connectivity index (χ4v) is 1.33. The highest BCUT2D eigenvalue weighted by Gasteiger charge is 2.04. The van der Waals surface area contributed by atoms with E-state index in [-0.39, 0.29) is 12.5 Å². The van der Waals surface area contributed by atoms with Gasteiger partial charge in [0.2, 0.25) is 0 Å². The number of benzene rings is 1. The largest absolute Gasteiger partial charge is 0.483 e. The molecule has 0 aliphatic rings. The smallest absolute Gasteiger partial charge is 0.281 e. The summed E-state index contributed by atoms with van der Waals surface area (Å²) in [7, 11) is 0. The van der Waals surface area contributed by atoms with Crippen molar-refractivity contribution in [2.45, 2.75) is 13.8 Å². The van der Waals surface area contributed by atoms with Crippen molar-refractivity contribution in [2.24, 2.45) is 0 Å². The third-order valence-electron chi connectivity index (χ3n) is 1.83. The van der Waals surface area contributed by atoms with E-state index in [1.54, 1.807) is 25.1 Å². The van der Waals surface area contributed by atoms with Gasteiger partial charge in [0.25, 0.3) is 5.91 Å². The summed E-state index contributed by atoms with van der Waals surface area (Å²) in [6, 6.07) is 5.22. The Kier molecular flexibility index (Phi) is 5.08. The van der Waals surface area contributed by atoms with Crippen LogP contribution in [-0.4, -0.2) is 19.1 Å². The highest BCUT2D eigenvalue weighted by molar-refractivity contribution is 6.30. The Hall–Kier alpha value is -1.26. The zero-order chi connectivity index (χ0) is 12.0. The van der Waals surface area contributed by atoms with Gasteiger partial charge in [-0.3, -0.25) is 9.63 Å². The van der Waals surface area contributed by atoms with E-state index in [4.69, 9.17) is 21.2 Å². The Morgan fingerprint density at radius 2 is 2.25 bits per heavy atom. The van der Waals surface area contributed by atoms with Gasteiger partial charge >= 0.3 is 0 Å². The van der Waals surface area contributed by atoms with Gasteiger partial charge in [-0.2, -0.15) is 0 Å². The summed E-state index contributed by atoms with van der Waals surface area (Å²) in [4.78, 5) is 15.9. The first kappa shape index (κ1) is 12.8. The van der Waals surface area contributed by atoms with Gasteiger partial charge in [-0.1, -0.05) is 11.6 Å². The summed E-state index contributed by atoms with van der Waals surface area (Å²) in [6.07, 6.45) is 0. The molecule has 0 heterocycles. The average Bonchev–Trinajstić information content (AvgIpc) is 2.25. The highest BCUT2D eigenvalue weighted by atomic mass is 35.5. The Morgan fingerprint density at radius 3 is 2.88 bits per heavy atom. The third-order valence-corrected chi connectivity index (χ3v) is 2.06. The molecule has 0 aromatic heterocycles. The van der Waals surface area contributed by atoms with Crippen LogP contribution in [-0.2, 0) is 9.63 Å². The molecular formula is C11H14ClNO3. The number of hydroxylamine groups is 1. The van der Waals surface area contributed by atoms with Crippen LogP contribution < -0.4 is 10.2 Å². The number of ether oxygens (including phenoxy) is 1. The van der Waals surface area contributed by atoms with Crippen molar-refractivity contribution < 1.29 is 14.4 Å². The molecule has 0 atom stereocenters. The molecule has 0 fully saturated rings. The van der Waals surface area contributed by atoms with E-state index < -0.39 is 0 Å². The molecule has 4 nitrogen and oxygen atoms in total. The zero-order valence-corrected chi connectivity index (χ0v) is 10.0. The Bertz CT molecular complexity index is 368. The van der Waals surface area contributed by atoms with Gasteiger partial charge in [-0.25, -0.2) is 5.48 Å². The topological polar surface area (TPSA) is 47.6 Å². The number of amides is 1. The van der Waals surface area contributed by atoms with Crippen LogP contribution in [0.15, 0.2) is 18.2 Å². The third kappa shape index (κ3) is 4.08. The van der Waals surface area contributed by atoms with E-state index in [2.05, 4.69) is 5.48 Å². The minimum Gasteiger partial charge on any atom is -0.483 e. The predicted molar refractivity (Wildman–Crippen MR) is 61.5 cm³/mol. The van der Waals surface area contributed by atoms with Gasteiger partial charge < -0.3 is 4.74 Å². The molecule has 0 bridgehead atoms. The summed E-state index contributed by atoms with van der Waals surface area (Å²) >= 11 is 5.79. The number of hydrogen-bond acceptors (Lipinski definition) is 3. The van der Waals surface area contributed by atoms with Gasteiger partial charge in [-0.15, -0.1) is 0 Å². The molecule has 0 aliphatic carbocycles. The van der Waals surface area contributed by atoms with E-state index in [1.807, 2.05) is 6.92 Å². The number of hydrogen-bond donors (Lipinski definition) is 1. The van der Waals surface area contributed by atoms with E-state index in [0.29, 0.717) is 17.4 Å². The first-order valence-corrected chi connectivity index (χ1v) is 5.31. The van der Waals surface area contributed by atoms with Crippen molar-refractivity contribution in [2.75, 3.05) is 13.2 Å². The SMILES string of the molecule is CCONC(=O)COc1ccc(Cl)cc1C. The lowest BCUT2D eigenvalue weighted by Gasteiger charge is -2.09. The van der Waals surface area contributed by atoms with Crippen molar-refractivity contribution >= 4 is 17.5 Å². The van der Waals surface area contributed by atoms with Crippen LogP contribution in [0.1, 0.15) is 12.5 Å². The van der Waals surface area contributed by atoms with E-state index in [9.17, 15) is 4.79 Å². The highest BCUT2D eigenvalue weighted by Crippen LogP contribution is 2.21. The predicted octanol–water partition coefficient (Wildman–Crippen LogP) is 2.09. The van der Waals surface area contributed by atoms with Gasteiger partial charge in [0.15, 0.2) is 6.61 Å². The molecular weight excluding hydrogens is 230 g/mol. The molecule has 5 heteroatoms. The Morgan fingerprint density at radius 1 is 1.50 bits per heavy atom. The van der Waals surface area contributed by atoms with Gasteiger partial charge in [0.1, 0.15) is 5.75 Å². The molecule has 1 N–H and O–H groups in total. The van der Waals surface area contributed by atoms with Crippen molar-refractivity contribution in [3.63, 3.8) is 0 Å². The molecule has 1 aromatic rings. The average molecular weight is 244 g/mol. The standard InChI is InChI=1S/C11H14ClNO3/c1-3-16-13-11(14)7-15-10-5-4-9(12)6-8(10)2/h4-6H,3,7H2,1-2H3,(H,13,14). The van der Waals surface area contributed by atoms with Crippen LogP contribution >= 0.6 is 11.6 Å². The lowest BCUT2D eigenvalue weighted by atomic mass is 10.2. The number of aryl methyl sites for hydroxylation is 1. The summed E-state index contributed by atoms with van der Waals surface area (Å²) in [5, 5.41) is 0.642. The second-order valence-corrected chi connectivity index (χ2v) is 3.59. The molecule has 0 aliphatic heterocycles. The first-order valence-electron chi connectivity index (χ1n) is 4.93. The summed E-state index contributed by atoms with van der Waals surface area (Å²) in [5.74, 6) is 0.312. The molecule has 0 radical (unpaired) electrons. The monoisotopic (exact) mass is 243 g/mol. The summed E-state index contributed by atoms with van der Waals surface area (Å²) in [6.45, 7) is 3.99. The molecule has 0 unspecified atom stereocenters. The van der Waals surface area contributed by atoms with Crippen LogP contribution in [0, 0.1) is 6.92 Å². The van der Waals surface area contributed by atoms with Gasteiger partial charge in [0, 0.05) is 5.02 Å². The van der Waals surface area contributed by atoms with Crippen LogP contribution in [0.3, 0.4) is 0 Å². The van der Waals surface area contributed by atoms with Crippen molar-refractivity contribution in [3.8, 4) is 5.75 Å². The van der Waals surface area contributed by atoms with Crippen molar-refractivity contribution in [3.05, 3.63) is 28.8 Å². The minimum atomic E-state index is -0.323. The lowest BCUT2D eigenvalue weighted by molar-refractivity contribution is -0.135. The van der Waals surface area contributed by atoms with E-state index in [1.165, 1.54) is 0 Å². The normalized spacial score (nSPS) is 9.94. The molecule has 1 rings (SSSR count). The van der Waals surface area contributed by atoms with Crippen LogP contribution in [0.5, 0.6) is 5.75 Å². The number of halogens is 1. The molecule has 0 saturated heterocycles. The quantitative estimate of drug-likeness (QED) is 0.806. The fraction of sp³-hybridized carbons (Fsp3) is 0.364. The molecule has 0 saturated carbocycles. The molecule has 16 heavy (non-hydrogen) atoms. The number of rotatable bonds is 5. The number of carbonyl (C=O) groups excluding carboxylic acids is 1. The van der Waals surface area contributed by atoms with Crippen LogP contribution in [0.25, 0.3) is 0 Å². The van der Waals surface area contributed by atoms with Gasteiger partial charge in [0.05, 0.1) is 6.61 Å². The maximum absolute atomic E-state index is 11.2. The second-order valence-electron chi connectivity index (χ2n) is 3.16. The lowest BCUT2D eigenvalue weighted by Crippen LogP contribution is -2.29. The maximum Gasteiger partial charge on any atom is 0.281 e. The maximum atomic E-state index is 11.2. The van der Waals surface area contributed by atoms with Gasteiger partial charge in [-0.05, 0) is 37.6 Å². The van der Waals surface area contributed by atoms with Crippen LogP contribution in [0.2, 0.25) is 5.02 Å². The van der Waals surface area contributed by atoms with E-state index in [0.717, 1.165) is 5.56 Å². The number of carbonyl (C=O) groups is 1. The summed E-state index contributed by atoms with van der Waals surface area (Å²) in [5.41, 5.74) is 3.13. The minimum absolute atomic E-state index is 0.0809.